The molecule has 0 saturated heterocycles. The highest BCUT2D eigenvalue weighted by atomic mass is 16.3. The van der Waals surface area contributed by atoms with E-state index in [1.807, 2.05) is 6.07 Å². The van der Waals surface area contributed by atoms with Crippen LogP contribution in [0.2, 0.25) is 0 Å². The van der Waals surface area contributed by atoms with Crippen molar-refractivity contribution in [3.05, 3.63) is 30.3 Å². The summed E-state index contributed by atoms with van der Waals surface area (Å²) in [5.41, 5.74) is 0.617. The number of aliphatic hydroxyl groups excluding tert-OH is 1. The Bertz CT molecular complexity index is 343. The van der Waals surface area contributed by atoms with Crippen LogP contribution in [-0.4, -0.2) is 17.6 Å². The lowest BCUT2D eigenvalue weighted by Gasteiger charge is -2.06. The minimum atomic E-state index is -1.00. The van der Waals surface area contributed by atoms with E-state index < -0.39 is 18.4 Å². The van der Waals surface area contributed by atoms with Crippen LogP contribution in [0.15, 0.2) is 30.3 Å². The third-order valence-corrected chi connectivity index (χ3v) is 1.70. The second kappa shape index (κ2) is 5.00. The Morgan fingerprint density at radius 1 is 1.50 bits per heavy atom. The number of aliphatic hydroxyl groups is 1. The maximum atomic E-state index is 11.3. The average molecular weight is 190 g/mol. The molecule has 1 unspecified atom stereocenters. The van der Waals surface area contributed by atoms with E-state index in [0.29, 0.717) is 5.69 Å². The molecule has 72 valence electrons. The van der Waals surface area contributed by atoms with E-state index in [1.54, 1.807) is 30.3 Å². The molecule has 0 aliphatic rings. The first kappa shape index (κ1) is 10.2. The highest BCUT2D eigenvalue weighted by Crippen LogP contribution is 2.07. The molecule has 0 heterocycles. The number of nitrogens with one attached hydrogen (secondary N) is 1. The van der Waals surface area contributed by atoms with Gasteiger partial charge in [0.1, 0.15) is 5.92 Å². The van der Waals surface area contributed by atoms with E-state index in [2.05, 4.69) is 5.32 Å². The molecular formula is C10H10N2O2. The quantitative estimate of drug-likeness (QED) is 0.738. The number of nitriles is 1. The van der Waals surface area contributed by atoms with E-state index in [0.717, 1.165) is 0 Å². The fraction of sp³-hybridized carbons (Fsp3) is 0.200. The van der Waals surface area contributed by atoms with Crippen molar-refractivity contribution < 1.29 is 9.90 Å². The number of hydrogen-bond acceptors (Lipinski definition) is 3. The van der Waals surface area contributed by atoms with Crippen LogP contribution in [0, 0.1) is 17.2 Å². The number of carbonyl (C=O) groups excluding carboxylic acids is 1. The van der Waals surface area contributed by atoms with Crippen LogP contribution in [0.3, 0.4) is 0 Å². The second-order valence-electron chi connectivity index (χ2n) is 2.72. The molecule has 0 fully saturated rings. The van der Waals surface area contributed by atoms with Crippen LogP contribution < -0.4 is 5.32 Å². The molecule has 1 amide bonds. The maximum absolute atomic E-state index is 11.3. The molecule has 0 aliphatic heterocycles. The molecule has 0 aliphatic carbocycles. The smallest absolute Gasteiger partial charge is 0.244 e. The summed E-state index contributed by atoms with van der Waals surface area (Å²) < 4.78 is 0. The lowest BCUT2D eigenvalue weighted by molar-refractivity contribution is -0.119. The number of carbonyl (C=O) groups is 1. The van der Waals surface area contributed by atoms with Crippen molar-refractivity contribution in [3.8, 4) is 6.07 Å². The summed E-state index contributed by atoms with van der Waals surface area (Å²) in [6.07, 6.45) is 0. The largest absolute Gasteiger partial charge is 0.394 e. The third-order valence-electron chi connectivity index (χ3n) is 1.70. The molecule has 0 aromatic heterocycles. The van der Waals surface area contributed by atoms with E-state index in [1.165, 1.54) is 0 Å². The van der Waals surface area contributed by atoms with Crippen LogP contribution in [0.25, 0.3) is 0 Å². The van der Waals surface area contributed by atoms with Gasteiger partial charge < -0.3 is 10.4 Å². The molecule has 1 aromatic carbocycles. The summed E-state index contributed by atoms with van der Waals surface area (Å²) in [5, 5.41) is 19.7. The van der Waals surface area contributed by atoms with Crippen LogP contribution in [0.4, 0.5) is 5.69 Å². The molecule has 0 radical (unpaired) electrons. The van der Waals surface area contributed by atoms with Gasteiger partial charge in [-0.3, -0.25) is 4.79 Å². The first-order chi connectivity index (χ1) is 6.77. The number of para-hydroxylation sites is 1. The first-order valence-electron chi connectivity index (χ1n) is 4.14. The Labute approximate surface area is 81.8 Å². The van der Waals surface area contributed by atoms with Gasteiger partial charge in [-0.05, 0) is 12.1 Å². The summed E-state index contributed by atoms with van der Waals surface area (Å²) in [5.74, 6) is -1.49. The van der Waals surface area contributed by atoms with Crippen molar-refractivity contribution in [1.82, 2.24) is 0 Å². The van der Waals surface area contributed by atoms with Crippen molar-refractivity contribution in [2.24, 2.45) is 5.92 Å². The third kappa shape index (κ3) is 2.57. The Balaban J connectivity index is 2.62. The zero-order chi connectivity index (χ0) is 10.4. The Morgan fingerprint density at radius 2 is 2.14 bits per heavy atom. The molecule has 1 aromatic rings. The van der Waals surface area contributed by atoms with Crippen LogP contribution >= 0.6 is 0 Å². The standard InChI is InChI=1S/C10H10N2O2/c11-6-8(7-13)10(14)12-9-4-2-1-3-5-9/h1-5,8,13H,7H2,(H,12,14). The Morgan fingerprint density at radius 3 is 2.64 bits per heavy atom. The minimum absolute atomic E-state index is 0.463. The number of benzene rings is 1. The first-order valence-corrected chi connectivity index (χ1v) is 4.14. The Kier molecular flexibility index (Phi) is 3.65. The van der Waals surface area contributed by atoms with Crippen molar-refractivity contribution in [2.75, 3.05) is 11.9 Å². The SMILES string of the molecule is N#CC(CO)C(=O)Nc1ccccc1. The molecule has 1 atom stereocenters. The van der Waals surface area contributed by atoms with Gasteiger partial charge in [0, 0.05) is 5.69 Å². The normalized spacial score (nSPS) is 11.4. The van der Waals surface area contributed by atoms with Crippen LogP contribution in [0.5, 0.6) is 0 Å². The molecule has 4 nitrogen and oxygen atoms in total. The topological polar surface area (TPSA) is 73.1 Å². The van der Waals surface area contributed by atoms with E-state index in [4.69, 9.17) is 10.4 Å². The van der Waals surface area contributed by atoms with Gasteiger partial charge in [0.2, 0.25) is 5.91 Å². The monoisotopic (exact) mass is 190 g/mol. The van der Waals surface area contributed by atoms with Crippen molar-refractivity contribution in [3.63, 3.8) is 0 Å². The fourth-order valence-corrected chi connectivity index (χ4v) is 0.933. The van der Waals surface area contributed by atoms with E-state index >= 15 is 0 Å². The van der Waals surface area contributed by atoms with Gasteiger partial charge in [-0.1, -0.05) is 18.2 Å². The zero-order valence-corrected chi connectivity index (χ0v) is 7.47. The molecule has 0 saturated carbocycles. The molecule has 1 rings (SSSR count). The lowest BCUT2D eigenvalue weighted by atomic mass is 10.1. The lowest BCUT2D eigenvalue weighted by Crippen LogP contribution is -2.24. The number of nitrogens with zero attached hydrogens (tertiary/aromatic N) is 1. The van der Waals surface area contributed by atoms with Crippen LogP contribution in [0.1, 0.15) is 0 Å². The van der Waals surface area contributed by atoms with Gasteiger partial charge in [0.15, 0.2) is 0 Å². The predicted molar refractivity (Wildman–Crippen MR) is 51.3 cm³/mol. The molecule has 0 bridgehead atoms. The Hall–Kier alpha value is -1.86. The minimum Gasteiger partial charge on any atom is -0.394 e. The molecule has 14 heavy (non-hydrogen) atoms. The molecule has 4 heteroatoms. The second-order valence-corrected chi connectivity index (χ2v) is 2.72. The van der Waals surface area contributed by atoms with E-state index in [-0.39, 0.29) is 0 Å². The molecule has 2 N–H and O–H groups in total. The van der Waals surface area contributed by atoms with Gasteiger partial charge in [0.05, 0.1) is 12.7 Å². The van der Waals surface area contributed by atoms with Gasteiger partial charge in [0.25, 0.3) is 0 Å². The van der Waals surface area contributed by atoms with Gasteiger partial charge >= 0.3 is 0 Å². The molecular weight excluding hydrogens is 180 g/mol. The summed E-state index contributed by atoms with van der Waals surface area (Å²) in [6, 6.07) is 10.5. The van der Waals surface area contributed by atoms with Gasteiger partial charge in [-0.25, -0.2) is 0 Å². The van der Waals surface area contributed by atoms with Crippen molar-refractivity contribution >= 4 is 11.6 Å². The summed E-state index contributed by atoms with van der Waals surface area (Å²) >= 11 is 0. The van der Waals surface area contributed by atoms with E-state index in [9.17, 15) is 4.79 Å². The summed E-state index contributed by atoms with van der Waals surface area (Å²) in [4.78, 5) is 11.3. The van der Waals surface area contributed by atoms with Gasteiger partial charge in [-0.15, -0.1) is 0 Å². The number of amides is 1. The highest BCUT2D eigenvalue weighted by Gasteiger charge is 2.15. The fourth-order valence-electron chi connectivity index (χ4n) is 0.933. The maximum Gasteiger partial charge on any atom is 0.244 e. The van der Waals surface area contributed by atoms with Crippen molar-refractivity contribution in [1.29, 1.82) is 5.26 Å². The zero-order valence-electron chi connectivity index (χ0n) is 7.47. The highest BCUT2D eigenvalue weighted by molar-refractivity contribution is 5.94. The van der Waals surface area contributed by atoms with Crippen LogP contribution in [-0.2, 0) is 4.79 Å². The summed E-state index contributed by atoms with van der Waals surface area (Å²) in [6.45, 7) is -0.463. The van der Waals surface area contributed by atoms with Crippen molar-refractivity contribution in [2.45, 2.75) is 0 Å². The number of rotatable bonds is 3. The number of anilines is 1. The molecule has 0 spiro atoms. The van der Waals surface area contributed by atoms with Gasteiger partial charge in [-0.2, -0.15) is 5.26 Å². The summed E-state index contributed by atoms with van der Waals surface area (Å²) in [7, 11) is 0. The predicted octanol–water partition coefficient (Wildman–Crippen LogP) is 0.757. The average Bonchev–Trinajstić information content (AvgIpc) is 2.21. The number of hydrogen-bond donors (Lipinski definition) is 2.